The second-order valence-corrected chi connectivity index (χ2v) is 7.19. The van der Waals surface area contributed by atoms with E-state index < -0.39 is 0 Å². The first kappa shape index (κ1) is 19.1. The van der Waals surface area contributed by atoms with Gasteiger partial charge in [0.15, 0.2) is 0 Å². The van der Waals surface area contributed by atoms with Gasteiger partial charge in [-0.15, -0.1) is 0 Å². The van der Waals surface area contributed by atoms with Gasteiger partial charge in [0, 0.05) is 24.6 Å². The zero-order valence-electron chi connectivity index (χ0n) is 16.1. The minimum absolute atomic E-state index is 0.0135. The lowest BCUT2D eigenvalue weighted by atomic mass is 10.0. The predicted octanol–water partition coefficient (Wildman–Crippen LogP) is 3.37. The number of unbranched alkanes of at least 4 members (excludes halogenated alkanes) is 1. The van der Waals surface area contributed by atoms with Crippen LogP contribution in [-0.4, -0.2) is 40.8 Å². The number of rotatable bonds is 6. The first-order valence-corrected chi connectivity index (χ1v) is 9.64. The van der Waals surface area contributed by atoms with Gasteiger partial charge in [-0.05, 0) is 48.7 Å². The summed E-state index contributed by atoms with van der Waals surface area (Å²) in [5.74, 6) is -0.00373. The molecule has 0 unspecified atom stereocenters. The van der Waals surface area contributed by atoms with Crippen molar-refractivity contribution in [3.05, 3.63) is 59.9 Å². The Morgan fingerprint density at radius 2 is 2.00 bits per heavy atom. The molecule has 1 aromatic heterocycles. The topological polar surface area (TPSA) is 53.5 Å². The van der Waals surface area contributed by atoms with Gasteiger partial charge in [-0.25, -0.2) is 0 Å². The Morgan fingerprint density at radius 3 is 2.70 bits per heavy atom. The highest BCUT2D eigenvalue weighted by molar-refractivity contribution is 5.98. The summed E-state index contributed by atoms with van der Waals surface area (Å²) in [6.07, 6.45) is 6.72. The Morgan fingerprint density at radius 1 is 1.22 bits per heavy atom. The van der Waals surface area contributed by atoms with Gasteiger partial charge in [-0.2, -0.15) is 0 Å². The smallest absolute Gasteiger partial charge is 0.246 e. The van der Waals surface area contributed by atoms with E-state index in [0.29, 0.717) is 13.0 Å². The molecule has 1 aromatic carbocycles. The predicted molar refractivity (Wildman–Crippen MR) is 106 cm³/mol. The zero-order valence-corrected chi connectivity index (χ0v) is 16.1. The maximum atomic E-state index is 12.9. The molecule has 0 radical (unpaired) electrons. The molecular weight excluding hydrogens is 338 g/mol. The molecule has 0 bridgehead atoms. The third-order valence-corrected chi connectivity index (χ3v) is 5.07. The Labute approximate surface area is 161 Å². The van der Waals surface area contributed by atoms with Gasteiger partial charge in [0.2, 0.25) is 11.8 Å². The van der Waals surface area contributed by atoms with Crippen LogP contribution >= 0.6 is 0 Å². The van der Waals surface area contributed by atoms with E-state index in [-0.39, 0.29) is 24.4 Å². The quantitative estimate of drug-likeness (QED) is 0.789. The van der Waals surface area contributed by atoms with Crippen molar-refractivity contribution in [3.8, 4) is 0 Å². The zero-order chi connectivity index (χ0) is 19.2. The average molecular weight is 365 g/mol. The van der Waals surface area contributed by atoms with Crippen LogP contribution in [0.2, 0.25) is 0 Å². The largest absolute Gasteiger partial charge is 0.328 e. The number of aryl methyl sites for hydroxylation is 1. The Kier molecular flexibility index (Phi) is 6.22. The molecular formula is C22H27N3O2. The Balaban J connectivity index is 1.78. The maximum absolute atomic E-state index is 12.9. The summed E-state index contributed by atoms with van der Waals surface area (Å²) < 4.78 is 0. The molecule has 0 saturated carbocycles. The molecule has 1 atom stereocenters. The molecule has 2 aromatic rings. The molecule has 0 spiro atoms. The normalized spacial score (nSPS) is 17.3. The summed E-state index contributed by atoms with van der Waals surface area (Å²) >= 11 is 0. The molecule has 5 heteroatoms. The van der Waals surface area contributed by atoms with Crippen molar-refractivity contribution in [2.75, 3.05) is 18.0 Å². The number of amides is 2. The third kappa shape index (κ3) is 4.73. The lowest BCUT2D eigenvalue weighted by Crippen LogP contribution is -2.58. The SMILES string of the molecule is CCCC[C@H]1CN(c2cccc(C)c2)C(=O)CN1C(=O)Cc1ccncc1. The fourth-order valence-electron chi connectivity index (χ4n) is 3.57. The third-order valence-electron chi connectivity index (χ3n) is 5.07. The minimum Gasteiger partial charge on any atom is -0.328 e. The fourth-order valence-corrected chi connectivity index (χ4v) is 3.57. The van der Waals surface area contributed by atoms with Crippen LogP contribution in [-0.2, 0) is 16.0 Å². The molecule has 3 rings (SSSR count). The van der Waals surface area contributed by atoms with Crippen molar-refractivity contribution in [3.63, 3.8) is 0 Å². The lowest BCUT2D eigenvalue weighted by Gasteiger charge is -2.41. The first-order valence-electron chi connectivity index (χ1n) is 9.64. The van der Waals surface area contributed by atoms with Gasteiger partial charge in [0.1, 0.15) is 6.54 Å². The summed E-state index contributed by atoms with van der Waals surface area (Å²) in [6, 6.07) is 11.8. The number of pyridine rings is 1. The Bertz CT molecular complexity index is 791. The molecule has 2 heterocycles. The van der Waals surface area contributed by atoms with Crippen molar-refractivity contribution in [1.82, 2.24) is 9.88 Å². The minimum atomic E-state index is -0.0172. The highest BCUT2D eigenvalue weighted by atomic mass is 16.2. The van der Waals surface area contributed by atoms with E-state index in [1.807, 2.05) is 48.2 Å². The van der Waals surface area contributed by atoms with Crippen LogP contribution in [0.4, 0.5) is 5.69 Å². The molecule has 0 aliphatic carbocycles. The summed E-state index contributed by atoms with van der Waals surface area (Å²) in [5.41, 5.74) is 2.97. The molecule has 2 amide bonds. The number of piperazine rings is 1. The molecule has 1 saturated heterocycles. The van der Waals surface area contributed by atoms with Gasteiger partial charge in [-0.3, -0.25) is 14.6 Å². The lowest BCUT2D eigenvalue weighted by molar-refractivity contribution is -0.139. The number of benzene rings is 1. The number of nitrogens with zero attached hydrogens (tertiary/aromatic N) is 3. The maximum Gasteiger partial charge on any atom is 0.246 e. The molecule has 27 heavy (non-hydrogen) atoms. The van der Waals surface area contributed by atoms with Gasteiger partial charge < -0.3 is 9.80 Å². The number of hydrogen-bond donors (Lipinski definition) is 0. The summed E-state index contributed by atoms with van der Waals surface area (Å²) in [5, 5.41) is 0. The molecule has 1 fully saturated rings. The highest BCUT2D eigenvalue weighted by Crippen LogP contribution is 2.24. The highest BCUT2D eigenvalue weighted by Gasteiger charge is 2.35. The van der Waals surface area contributed by atoms with Crippen molar-refractivity contribution >= 4 is 17.5 Å². The van der Waals surface area contributed by atoms with Gasteiger partial charge >= 0.3 is 0 Å². The van der Waals surface area contributed by atoms with Crippen molar-refractivity contribution in [2.24, 2.45) is 0 Å². The molecule has 5 nitrogen and oxygen atoms in total. The number of aromatic nitrogens is 1. The number of anilines is 1. The monoisotopic (exact) mass is 365 g/mol. The molecule has 142 valence electrons. The van der Waals surface area contributed by atoms with Crippen LogP contribution in [0, 0.1) is 6.92 Å². The first-order chi connectivity index (χ1) is 13.1. The van der Waals surface area contributed by atoms with Crippen molar-refractivity contribution in [1.29, 1.82) is 0 Å². The van der Waals surface area contributed by atoms with Crippen LogP contribution < -0.4 is 4.90 Å². The standard InChI is InChI=1S/C22H27N3O2/c1-3-4-7-20-15-24(19-8-5-6-17(2)13-19)22(27)16-25(20)21(26)14-18-9-11-23-12-10-18/h5-6,8-13,20H,3-4,7,14-16H2,1-2H3/t20-/m0/s1. The van der Waals surface area contributed by atoms with Crippen LogP contribution in [0.15, 0.2) is 48.8 Å². The second-order valence-electron chi connectivity index (χ2n) is 7.19. The van der Waals surface area contributed by atoms with Crippen molar-refractivity contribution in [2.45, 2.75) is 45.6 Å². The van der Waals surface area contributed by atoms with Crippen molar-refractivity contribution < 1.29 is 9.59 Å². The number of hydrogen-bond acceptors (Lipinski definition) is 3. The van der Waals surface area contributed by atoms with Crippen LogP contribution in [0.1, 0.15) is 37.3 Å². The fraction of sp³-hybridized carbons (Fsp3) is 0.409. The average Bonchev–Trinajstić information content (AvgIpc) is 2.67. The van der Waals surface area contributed by atoms with Gasteiger partial charge in [0.05, 0.1) is 12.5 Å². The second kappa shape index (κ2) is 8.80. The molecule has 1 aliphatic heterocycles. The van der Waals surface area contributed by atoms with E-state index in [2.05, 4.69) is 11.9 Å². The van der Waals surface area contributed by atoms with Gasteiger partial charge in [0.25, 0.3) is 0 Å². The number of carbonyl (C=O) groups excluding carboxylic acids is 2. The Hall–Kier alpha value is -2.69. The van der Waals surface area contributed by atoms with E-state index >= 15 is 0 Å². The summed E-state index contributed by atoms with van der Waals surface area (Å²) in [6.45, 7) is 4.88. The van der Waals surface area contributed by atoms with Crippen LogP contribution in [0.3, 0.4) is 0 Å². The van der Waals surface area contributed by atoms with E-state index in [1.54, 1.807) is 17.3 Å². The molecule has 1 aliphatic rings. The molecule has 0 N–H and O–H groups in total. The number of carbonyl (C=O) groups is 2. The van der Waals surface area contributed by atoms with Gasteiger partial charge in [-0.1, -0.05) is 31.9 Å². The summed E-state index contributed by atoms with van der Waals surface area (Å²) in [4.78, 5) is 33.4. The van der Waals surface area contributed by atoms with E-state index in [0.717, 1.165) is 36.1 Å². The van der Waals surface area contributed by atoms with Crippen LogP contribution in [0.25, 0.3) is 0 Å². The summed E-state index contributed by atoms with van der Waals surface area (Å²) in [7, 11) is 0. The van der Waals surface area contributed by atoms with E-state index in [9.17, 15) is 9.59 Å². The van der Waals surface area contributed by atoms with Crippen LogP contribution in [0.5, 0.6) is 0 Å². The van der Waals surface area contributed by atoms with E-state index in [4.69, 9.17) is 0 Å². The van der Waals surface area contributed by atoms with E-state index in [1.165, 1.54) is 0 Å².